The SMILES string of the molecule is O=C(NCCC1CCCNC1)c1ccno1. The van der Waals surface area contributed by atoms with Crippen molar-refractivity contribution >= 4 is 5.91 Å². The van der Waals surface area contributed by atoms with Crippen molar-refractivity contribution < 1.29 is 9.32 Å². The molecule has 1 fully saturated rings. The minimum absolute atomic E-state index is 0.179. The van der Waals surface area contributed by atoms with Crippen molar-refractivity contribution in [2.75, 3.05) is 19.6 Å². The number of hydrogen-bond donors (Lipinski definition) is 2. The van der Waals surface area contributed by atoms with E-state index < -0.39 is 0 Å². The van der Waals surface area contributed by atoms with E-state index in [0.29, 0.717) is 12.5 Å². The van der Waals surface area contributed by atoms with Gasteiger partial charge in [0.25, 0.3) is 5.91 Å². The van der Waals surface area contributed by atoms with Crippen LogP contribution in [0, 0.1) is 5.92 Å². The lowest BCUT2D eigenvalue weighted by Crippen LogP contribution is -2.33. The zero-order valence-corrected chi connectivity index (χ0v) is 9.24. The van der Waals surface area contributed by atoms with Gasteiger partial charge in [0, 0.05) is 12.6 Å². The molecule has 88 valence electrons. The summed E-state index contributed by atoms with van der Waals surface area (Å²) in [6.07, 6.45) is 4.98. The molecule has 1 amide bonds. The van der Waals surface area contributed by atoms with Crippen LogP contribution < -0.4 is 10.6 Å². The molecule has 2 N–H and O–H groups in total. The van der Waals surface area contributed by atoms with Gasteiger partial charge in [-0.05, 0) is 38.3 Å². The number of nitrogens with zero attached hydrogens (tertiary/aromatic N) is 1. The first kappa shape index (κ1) is 11.1. The Labute approximate surface area is 94.6 Å². The Morgan fingerprint density at radius 3 is 3.31 bits per heavy atom. The number of hydrogen-bond acceptors (Lipinski definition) is 4. The highest BCUT2D eigenvalue weighted by Crippen LogP contribution is 2.12. The standard InChI is InChI=1S/C11H17N3O2/c15-11(10-4-7-14-16-10)13-6-3-9-2-1-5-12-8-9/h4,7,9,12H,1-3,5-6,8H2,(H,13,15). The number of rotatable bonds is 4. The molecule has 1 aromatic rings. The highest BCUT2D eigenvalue weighted by molar-refractivity contribution is 5.91. The summed E-state index contributed by atoms with van der Waals surface area (Å²) in [5.74, 6) is 0.784. The van der Waals surface area contributed by atoms with Crippen molar-refractivity contribution in [3.63, 3.8) is 0 Å². The van der Waals surface area contributed by atoms with Crippen LogP contribution >= 0.6 is 0 Å². The number of carbonyl (C=O) groups is 1. The molecule has 1 saturated heterocycles. The first-order valence-electron chi connectivity index (χ1n) is 5.76. The molecule has 2 heterocycles. The first-order chi connectivity index (χ1) is 7.86. The Balaban J connectivity index is 1.66. The third-order valence-electron chi connectivity index (χ3n) is 2.90. The van der Waals surface area contributed by atoms with Crippen LogP contribution in [0.5, 0.6) is 0 Å². The average molecular weight is 223 g/mol. The maximum atomic E-state index is 11.5. The normalized spacial score (nSPS) is 20.6. The number of carbonyl (C=O) groups excluding carboxylic acids is 1. The van der Waals surface area contributed by atoms with E-state index in [-0.39, 0.29) is 11.7 Å². The van der Waals surface area contributed by atoms with Crippen molar-refractivity contribution in [3.05, 3.63) is 18.0 Å². The number of nitrogens with one attached hydrogen (secondary N) is 2. The van der Waals surface area contributed by atoms with E-state index in [1.807, 2.05) is 0 Å². The van der Waals surface area contributed by atoms with Gasteiger partial charge in [-0.3, -0.25) is 4.79 Å². The van der Waals surface area contributed by atoms with Crippen molar-refractivity contribution in [2.45, 2.75) is 19.3 Å². The summed E-state index contributed by atoms with van der Waals surface area (Å²) in [5, 5.41) is 9.69. The molecule has 0 aromatic carbocycles. The summed E-state index contributed by atoms with van der Waals surface area (Å²) < 4.78 is 4.76. The summed E-state index contributed by atoms with van der Waals surface area (Å²) >= 11 is 0. The van der Waals surface area contributed by atoms with Gasteiger partial charge in [-0.25, -0.2) is 0 Å². The summed E-state index contributed by atoms with van der Waals surface area (Å²) in [5.41, 5.74) is 0. The van der Waals surface area contributed by atoms with Crippen molar-refractivity contribution in [2.24, 2.45) is 5.92 Å². The van der Waals surface area contributed by atoms with Gasteiger partial charge >= 0.3 is 0 Å². The van der Waals surface area contributed by atoms with Crippen LogP contribution in [0.4, 0.5) is 0 Å². The van der Waals surface area contributed by atoms with Gasteiger partial charge in [-0.1, -0.05) is 5.16 Å². The molecule has 0 aliphatic carbocycles. The Morgan fingerprint density at radius 2 is 2.62 bits per heavy atom. The molecule has 1 aromatic heterocycles. The molecule has 0 saturated carbocycles. The average Bonchev–Trinajstić information content (AvgIpc) is 2.84. The van der Waals surface area contributed by atoms with Crippen LogP contribution in [0.1, 0.15) is 29.8 Å². The van der Waals surface area contributed by atoms with Gasteiger partial charge in [0.15, 0.2) is 0 Å². The molecule has 0 radical (unpaired) electrons. The predicted octanol–water partition coefficient (Wildman–Crippen LogP) is 0.794. The Hall–Kier alpha value is -1.36. The highest BCUT2D eigenvalue weighted by Gasteiger charge is 2.14. The fourth-order valence-electron chi connectivity index (χ4n) is 1.98. The maximum absolute atomic E-state index is 11.5. The monoisotopic (exact) mass is 223 g/mol. The molecule has 0 spiro atoms. The summed E-state index contributed by atoms with van der Waals surface area (Å²) in [6.45, 7) is 2.89. The lowest BCUT2D eigenvalue weighted by atomic mass is 9.96. The molecule has 1 unspecified atom stereocenters. The summed E-state index contributed by atoms with van der Waals surface area (Å²) in [4.78, 5) is 11.5. The highest BCUT2D eigenvalue weighted by atomic mass is 16.5. The molecule has 1 aliphatic rings. The summed E-state index contributed by atoms with van der Waals surface area (Å²) in [7, 11) is 0. The maximum Gasteiger partial charge on any atom is 0.289 e. The molecule has 2 rings (SSSR count). The molecule has 1 aliphatic heterocycles. The predicted molar refractivity (Wildman–Crippen MR) is 59.0 cm³/mol. The Bertz CT molecular complexity index is 318. The molecule has 1 atom stereocenters. The number of amides is 1. The topological polar surface area (TPSA) is 67.2 Å². The van der Waals surface area contributed by atoms with E-state index in [0.717, 1.165) is 19.5 Å². The number of piperidine rings is 1. The second-order valence-corrected chi connectivity index (χ2v) is 4.13. The quantitative estimate of drug-likeness (QED) is 0.792. The van der Waals surface area contributed by atoms with E-state index in [2.05, 4.69) is 15.8 Å². The fourth-order valence-corrected chi connectivity index (χ4v) is 1.98. The van der Waals surface area contributed by atoms with E-state index in [4.69, 9.17) is 4.52 Å². The molecular formula is C11H17N3O2. The second kappa shape index (κ2) is 5.65. The summed E-state index contributed by atoms with van der Waals surface area (Å²) in [6, 6.07) is 1.57. The minimum atomic E-state index is -0.179. The molecule has 5 nitrogen and oxygen atoms in total. The largest absolute Gasteiger partial charge is 0.351 e. The van der Waals surface area contributed by atoms with Gasteiger partial charge in [0.2, 0.25) is 5.76 Å². The van der Waals surface area contributed by atoms with Crippen LogP contribution in [0.2, 0.25) is 0 Å². The Kier molecular flexibility index (Phi) is 3.93. The lowest BCUT2D eigenvalue weighted by Gasteiger charge is -2.22. The zero-order chi connectivity index (χ0) is 11.2. The Morgan fingerprint density at radius 1 is 1.69 bits per heavy atom. The van der Waals surface area contributed by atoms with Crippen LogP contribution in [-0.4, -0.2) is 30.7 Å². The van der Waals surface area contributed by atoms with Crippen LogP contribution in [0.3, 0.4) is 0 Å². The van der Waals surface area contributed by atoms with E-state index in [1.165, 1.54) is 19.0 Å². The van der Waals surface area contributed by atoms with Gasteiger partial charge in [0.1, 0.15) is 0 Å². The third kappa shape index (κ3) is 3.06. The van der Waals surface area contributed by atoms with Crippen molar-refractivity contribution in [1.82, 2.24) is 15.8 Å². The molecule has 5 heteroatoms. The third-order valence-corrected chi connectivity index (χ3v) is 2.90. The van der Waals surface area contributed by atoms with E-state index in [9.17, 15) is 4.79 Å². The smallest absolute Gasteiger partial charge is 0.289 e. The van der Waals surface area contributed by atoms with Gasteiger partial charge in [0.05, 0.1) is 6.20 Å². The number of aromatic nitrogens is 1. The minimum Gasteiger partial charge on any atom is -0.351 e. The van der Waals surface area contributed by atoms with Crippen molar-refractivity contribution in [1.29, 1.82) is 0 Å². The van der Waals surface area contributed by atoms with E-state index >= 15 is 0 Å². The molecule has 16 heavy (non-hydrogen) atoms. The molecular weight excluding hydrogens is 206 g/mol. The van der Waals surface area contributed by atoms with Crippen molar-refractivity contribution in [3.8, 4) is 0 Å². The fraction of sp³-hybridized carbons (Fsp3) is 0.636. The van der Waals surface area contributed by atoms with Gasteiger partial charge < -0.3 is 15.2 Å². The van der Waals surface area contributed by atoms with E-state index in [1.54, 1.807) is 6.07 Å². The first-order valence-corrected chi connectivity index (χ1v) is 5.76. The van der Waals surface area contributed by atoms with Crippen LogP contribution in [0.25, 0.3) is 0 Å². The zero-order valence-electron chi connectivity index (χ0n) is 9.24. The molecule has 0 bridgehead atoms. The van der Waals surface area contributed by atoms with Gasteiger partial charge in [-0.2, -0.15) is 0 Å². The van der Waals surface area contributed by atoms with Gasteiger partial charge in [-0.15, -0.1) is 0 Å². The lowest BCUT2D eigenvalue weighted by molar-refractivity contribution is 0.0914. The second-order valence-electron chi connectivity index (χ2n) is 4.13. The van der Waals surface area contributed by atoms with Crippen LogP contribution in [-0.2, 0) is 0 Å². The van der Waals surface area contributed by atoms with Crippen LogP contribution in [0.15, 0.2) is 16.8 Å².